The van der Waals surface area contributed by atoms with Gasteiger partial charge in [0.1, 0.15) is 5.75 Å². The molecule has 1 aromatic rings. The van der Waals surface area contributed by atoms with Crippen molar-refractivity contribution in [2.75, 3.05) is 19.7 Å². The molecule has 1 heterocycles. The van der Waals surface area contributed by atoms with Gasteiger partial charge in [0, 0.05) is 19.6 Å². The predicted molar refractivity (Wildman–Crippen MR) is 83.4 cm³/mol. The summed E-state index contributed by atoms with van der Waals surface area (Å²) in [7, 11) is 0. The van der Waals surface area contributed by atoms with Gasteiger partial charge in [-0.3, -0.25) is 4.90 Å². The standard InChI is InChI=1S/C14H21NO2.C2H2O4/c1-2-17-14-5-3-12(4-6-14)11-15-9-7-13(16)8-10-15;3-1(4)2(5)6/h3-6,13,16H,2,7-11H2,1H3;(H,3,4)(H,5,6). The van der Waals surface area contributed by atoms with Crippen LogP contribution in [0.15, 0.2) is 24.3 Å². The average molecular weight is 325 g/mol. The number of aliphatic hydroxyl groups excluding tert-OH is 1. The Hall–Kier alpha value is -2.12. The van der Waals surface area contributed by atoms with E-state index in [1.807, 2.05) is 19.1 Å². The van der Waals surface area contributed by atoms with E-state index in [9.17, 15) is 5.11 Å². The van der Waals surface area contributed by atoms with Gasteiger partial charge in [-0.15, -0.1) is 0 Å². The van der Waals surface area contributed by atoms with E-state index in [1.165, 1.54) is 5.56 Å². The summed E-state index contributed by atoms with van der Waals surface area (Å²) in [6, 6.07) is 8.29. The van der Waals surface area contributed by atoms with Gasteiger partial charge in [0.2, 0.25) is 0 Å². The second-order valence-electron chi connectivity index (χ2n) is 5.19. The number of ether oxygens (including phenoxy) is 1. The third-order valence-corrected chi connectivity index (χ3v) is 3.38. The molecule has 2 rings (SSSR count). The van der Waals surface area contributed by atoms with Gasteiger partial charge in [-0.2, -0.15) is 0 Å². The van der Waals surface area contributed by atoms with Gasteiger partial charge in [-0.05, 0) is 37.5 Å². The van der Waals surface area contributed by atoms with Crippen molar-refractivity contribution in [2.24, 2.45) is 0 Å². The van der Waals surface area contributed by atoms with Crippen LogP contribution in [-0.2, 0) is 16.1 Å². The normalized spacial score (nSPS) is 15.4. The summed E-state index contributed by atoms with van der Waals surface area (Å²) in [6.07, 6.45) is 1.71. The quantitative estimate of drug-likeness (QED) is 0.714. The lowest BCUT2D eigenvalue weighted by atomic mass is 10.1. The summed E-state index contributed by atoms with van der Waals surface area (Å²) < 4.78 is 5.42. The first-order valence-electron chi connectivity index (χ1n) is 7.50. The fraction of sp³-hybridized carbons (Fsp3) is 0.500. The number of carboxylic acid groups (broad SMARTS) is 2. The lowest BCUT2D eigenvalue weighted by Gasteiger charge is -2.29. The maximum absolute atomic E-state index is 9.45. The van der Waals surface area contributed by atoms with E-state index >= 15 is 0 Å². The molecule has 1 aliphatic heterocycles. The number of aliphatic carboxylic acids is 2. The van der Waals surface area contributed by atoms with Crippen LogP contribution < -0.4 is 4.74 Å². The van der Waals surface area contributed by atoms with E-state index in [4.69, 9.17) is 24.5 Å². The van der Waals surface area contributed by atoms with Crippen LogP contribution in [0.2, 0.25) is 0 Å². The first-order chi connectivity index (χ1) is 10.9. The Morgan fingerprint density at radius 1 is 1.13 bits per heavy atom. The average Bonchev–Trinajstić information content (AvgIpc) is 2.52. The van der Waals surface area contributed by atoms with E-state index in [-0.39, 0.29) is 6.10 Å². The molecule has 0 radical (unpaired) electrons. The lowest BCUT2D eigenvalue weighted by molar-refractivity contribution is -0.159. The van der Waals surface area contributed by atoms with Crippen LogP contribution in [0.1, 0.15) is 25.3 Å². The van der Waals surface area contributed by atoms with Crippen molar-refractivity contribution >= 4 is 11.9 Å². The number of carboxylic acids is 2. The van der Waals surface area contributed by atoms with Crippen molar-refractivity contribution in [3.8, 4) is 5.75 Å². The molecule has 0 bridgehead atoms. The van der Waals surface area contributed by atoms with Gasteiger partial charge in [0.05, 0.1) is 12.7 Å². The highest BCUT2D eigenvalue weighted by Crippen LogP contribution is 2.16. The summed E-state index contributed by atoms with van der Waals surface area (Å²) >= 11 is 0. The number of hydrogen-bond acceptors (Lipinski definition) is 5. The van der Waals surface area contributed by atoms with E-state index in [1.54, 1.807) is 0 Å². The van der Waals surface area contributed by atoms with Gasteiger partial charge in [-0.1, -0.05) is 12.1 Å². The Bertz CT molecular complexity index is 482. The largest absolute Gasteiger partial charge is 0.494 e. The van der Waals surface area contributed by atoms with Gasteiger partial charge < -0.3 is 20.1 Å². The fourth-order valence-electron chi connectivity index (χ4n) is 2.19. The highest BCUT2D eigenvalue weighted by atomic mass is 16.5. The first kappa shape index (κ1) is 18.9. The minimum Gasteiger partial charge on any atom is -0.494 e. The number of hydrogen-bond donors (Lipinski definition) is 3. The number of benzene rings is 1. The van der Waals surface area contributed by atoms with Crippen LogP contribution in [0, 0.1) is 0 Å². The van der Waals surface area contributed by atoms with Gasteiger partial charge >= 0.3 is 11.9 Å². The van der Waals surface area contributed by atoms with Crippen LogP contribution >= 0.6 is 0 Å². The van der Waals surface area contributed by atoms with Crippen molar-refractivity contribution in [3.05, 3.63) is 29.8 Å². The molecule has 1 fully saturated rings. The molecule has 0 saturated carbocycles. The number of piperidine rings is 1. The molecular weight excluding hydrogens is 302 g/mol. The predicted octanol–water partition coefficient (Wildman–Crippen LogP) is 1.20. The molecule has 0 amide bonds. The fourth-order valence-corrected chi connectivity index (χ4v) is 2.19. The molecule has 0 aromatic heterocycles. The third-order valence-electron chi connectivity index (χ3n) is 3.38. The minimum absolute atomic E-state index is 0.0911. The van der Waals surface area contributed by atoms with E-state index in [0.29, 0.717) is 6.61 Å². The smallest absolute Gasteiger partial charge is 0.414 e. The van der Waals surface area contributed by atoms with E-state index in [2.05, 4.69) is 17.0 Å². The Morgan fingerprint density at radius 3 is 2.09 bits per heavy atom. The van der Waals surface area contributed by atoms with Gasteiger partial charge in [0.25, 0.3) is 0 Å². The van der Waals surface area contributed by atoms with Crippen LogP contribution in [0.3, 0.4) is 0 Å². The number of nitrogens with zero attached hydrogens (tertiary/aromatic N) is 1. The summed E-state index contributed by atoms with van der Waals surface area (Å²) in [4.78, 5) is 20.6. The summed E-state index contributed by atoms with van der Waals surface area (Å²) in [5, 5.41) is 24.2. The maximum Gasteiger partial charge on any atom is 0.414 e. The minimum atomic E-state index is -1.82. The highest BCUT2D eigenvalue weighted by Gasteiger charge is 2.16. The molecule has 1 aliphatic rings. The maximum atomic E-state index is 9.45. The van der Waals surface area contributed by atoms with E-state index < -0.39 is 11.9 Å². The Labute approximate surface area is 135 Å². The van der Waals surface area contributed by atoms with Gasteiger partial charge in [0.15, 0.2) is 0 Å². The molecule has 0 aliphatic carbocycles. The molecule has 1 aromatic carbocycles. The summed E-state index contributed by atoms with van der Waals surface area (Å²) in [6.45, 7) is 5.66. The van der Waals surface area contributed by atoms with Crippen molar-refractivity contribution < 1.29 is 29.6 Å². The molecule has 1 saturated heterocycles. The zero-order valence-corrected chi connectivity index (χ0v) is 13.1. The van der Waals surface area contributed by atoms with Crippen molar-refractivity contribution in [1.29, 1.82) is 0 Å². The topological polar surface area (TPSA) is 107 Å². The van der Waals surface area contributed by atoms with Crippen molar-refractivity contribution in [2.45, 2.75) is 32.4 Å². The molecule has 23 heavy (non-hydrogen) atoms. The number of likely N-dealkylation sites (tertiary alicyclic amines) is 1. The zero-order chi connectivity index (χ0) is 17.2. The van der Waals surface area contributed by atoms with Gasteiger partial charge in [-0.25, -0.2) is 9.59 Å². The third kappa shape index (κ3) is 7.62. The number of carbonyl (C=O) groups is 2. The lowest BCUT2D eigenvalue weighted by Crippen LogP contribution is -2.35. The SMILES string of the molecule is CCOc1ccc(CN2CCC(O)CC2)cc1.O=C(O)C(=O)O. The number of rotatable bonds is 4. The molecular formula is C16H23NO6. The Balaban J connectivity index is 0.000000379. The molecule has 0 spiro atoms. The van der Waals surface area contributed by atoms with Crippen LogP contribution in [-0.4, -0.2) is 58.0 Å². The summed E-state index contributed by atoms with van der Waals surface area (Å²) in [5.74, 6) is -2.71. The van der Waals surface area contributed by atoms with Crippen LogP contribution in [0.25, 0.3) is 0 Å². The second kappa shape index (κ2) is 9.81. The Morgan fingerprint density at radius 2 is 1.65 bits per heavy atom. The van der Waals surface area contributed by atoms with E-state index in [0.717, 1.165) is 38.2 Å². The first-order valence-corrected chi connectivity index (χ1v) is 7.50. The van der Waals surface area contributed by atoms with Crippen molar-refractivity contribution in [3.63, 3.8) is 0 Å². The highest BCUT2D eigenvalue weighted by molar-refractivity contribution is 6.27. The second-order valence-corrected chi connectivity index (χ2v) is 5.19. The van der Waals surface area contributed by atoms with Crippen LogP contribution in [0.4, 0.5) is 0 Å². The monoisotopic (exact) mass is 325 g/mol. The number of aliphatic hydroxyl groups is 1. The van der Waals surface area contributed by atoms with Crippen LogP contribution in [0.5, 0.6) is 5.75 Å². The Kier molecular flexibility index (Phi) is 8.07. The molecule has 0 unspecified atom stereocenters. The molecule has 0 atom stereocenters. The van der Waals surface area contributed by atoms with Crippen molar-refractivity contribution in [1.82, 2.24) is 4.90 Å². The summed E-state index contributed by atoms with van der Waals surface area (Å²) in [5.41, 5.74) is 1.31. The molecule has 128 valence electrons. The molecule has 3 N–H and O–H groups in total. The molecule has 7 nitrogen and oxygen atoms in total. The zero-order valence-electron chi connectivity index (χ0n) is 13.1. The molecule has 7 heteroatoms.